The van der Waals surface area contributed by atoms with Crippen LogP contribution < -0.4 is 9.08 Å². The van der Waals surface area contributed by atoms with Crippen LogP contribution in [0.15, 0.2) is 108 Å². The van der Waals surface area contributed by atoms with Crippen molar-refractivity contribution in [1.82, 2.24) is 0 Å². The van der Waals surface area contributed by atoms with Gasteiger partial charge in [-0.1, -0.05) is 54.1 Å². The molecule has 0 radical (unpaired) electrons. The number of fused-ring (bicyclic) bond motifs is 5. The molecule has 4 aromatic rings. The summed E-state index contributed by atoms with van der Waals surface area (Å²) in [6, 6.07) is 28.0. The molecule has 3 aliphatic rings. The fraction of sp³-hybridized carbons (Fsp3) is 0.243. The molecule has 2 aliphatic carbocycles. The second kappa shape index (κ2) is 11.9. The minimum Gasteiger partial charge on any atom is -0.454 e. The summed E-state index contributed by atoms with van der Waals surface area (Å²) in [6.07, 6.45) is 1.74. The SMILES string of the molecule is Cc1ccc(S(=O)(=O)Oc2ccc(C(=O)COC(=O)c3cccc(N4C(=O)[C@@H]5[C@@H]6C[C@@H]([C@@H]5C4=O)[C@H](c4ccccc4)C6)c3)cc2)cc1. The third kappa shape index (κ3) is 5.63. The maximum atomic E-state index is 13.7. The Labute approximate surface area is 272 Å². The molecule has 9 nitrogen and oxygen atoms in total. The van der Waals surface area contributed by atoms with Gasteiger partial charge in [0.1, 0.15) is 10.6 Å². The van der Waals surface area contributed by atoms with Crippen molar-refractivity contribution in [2.24, 2.45) is 23.7 Å². The van der Waals surface area contributed by atoms with Crippen LogP contribution in [0, 0.1) is 30.6 Å². The van der Waals surface area contributed by atoms with Crippen molar-refractivity contribution in [2.45, 2.75) is 30.6 Å². The van der Waals surface area contributed by atoms with Crippen LogP contribution in [-0.4, -0.2) is 38.6 Å². The maximum absolute atomic E-state index is 13.7. The summed E-state index contributed by atoms with van der Waals surface area (Å²) in [6.45, 7) is 1.27. The lowest BCUT2D eigenvalue weighted by molar-refractivity contribution is -0.123. The molecule has 2 saturated carbocycles. The number of amides is 2. The van der Waals surface area contributed by atoms with E-state index in [1.165, 1.54) is 59.0 Å². The van der Waals surface area contributed by atoms with Crippen LogP contribution >= 0.6 is 0 Å². The topological polar surface area (TPSA) is 124 Å². The lowest BCUT2D eigenvalue weighted by Gasteiger charge is -2.28. The molecule has 238 valence electrons. The summed E-state index contributed by atoms with van der Waals surface area (Å²) in [7, 11) is -4.05. The number of imide groups is 1. The Morgan fingerprint density at radius 3 is 2.21 bits per heavy atom. The summed E-state index contributed by atoms with van der Waals surface area (Å²) in [5, 5.41) is 0. The number of anilines is 1. The average molecular weight is 650 g/mol. The number of ether oxygens (including phenoxy) is 1. The molecule has 0 spiro atoms. The number of Topliss-reactive ketones (excluding diaryl/α,β-unsaturated/α-hetero) is 1. The van der Waals surface area contributed by atoms with Gasteiger partial charge in [-0.25, -0.2) is 4.79 Å². The molecule has 2 amide bonds. The molecule has 5 atom stereocenters. The van der Waals surface area contributed by atoms with Crippen LogP contribution in [0.1, 0.15) is 50.6 Å². The van der Waals surface area contributed by atoms with Crippen LogP contribution in [0.3, 0.4) is 0 Å². The molecule has 7 rings (SSSR count). The van der Waals surface area contributed by atoms with E-state index in [4.69, 9.17) is 8.92 Å². The van der Waals surface area contributed by atoms with Gasteiger partial charge in [0.2, 0.25) is 11.8 Å². The highest BCUT2D eigenvalue weighted by Gasteiger charge is 2.64. The Hall–Kier alpha value is -5.09. The Morgan fingerprint density at radius 2 is 1.49 bits per heavy atom. The Bertz CT molecular complexity index is 1990. The Morgan fingerprint density at radius 1 is 0.787 bits per heavy atom. The zero-order valence-electron chi connectivity index (χ0n) is 25.4. The maximum Gasteiger partial charge on any atom is 0.339 e. The lowest BCUT2D eigenvalue weighted by Crippen LogP contribution is -2.33. The van der Waals surface area contributed by atoms with E-state index in [9.17, 15) is 27.6 Å². The number of rotatable bonds is 9. The molecule has 1 aliphatic heterocycles. The van der Waals surface area contributed by atoms with Crippen molar-refractivity contribution >= 4 is 39.4 Å². The number of hydrogen-bond acceptors (Lipinski definition) is 8. The summed E-state index contributed by atoms with van der Waals surface area (Å²) in [5.74, 6) is -1.95. The Balaban J connectivity index is 0.985. The molecule has 47 heavy (non-hydrogen) atoms. The number of carbonyl (C=O) groups excluding carboxylic acids is 4. The van der Waals surface area contributed by atoms with Crippen molar-refractivity contribution in [3.05, 3.63) is 125 Å². The van der Waals surface area contributed by atoms with Gasteiger partial charge in [0.15, 0.2) is 12.4 Å². The van der Waals surface area contributed by atoms with Crippen molar-refractivity contribution in [3.8, 4) is 5.75 Å². The number of aryl methyl sites for hydroxylation is 1. The number of esters is 1. The third-order valence-electron chi connectivity index (χ3n) is 9.61. The van der Waals surface area contributed by atoms with Gasteiger partial charge >= 0.3 is 16.1 Å². The van der Waals surface area contributed by atoms with Gasteiger partial charge in [0.25, 0.3) is 0 Å². The van der Waals surface area contributed by atoms with Crippen molar-refractivity contribution in [2.75, 3.05) is 11.5 Å². The number of nitrogens with zero attached hydrogens (tertiary/aromatic N) is 1. The molecular weight excluding hydrogens is 618 g/mol. The molecule has 0 N–H and O–H groups in total. The van der Waals surface area contributed by atoms with Crippen LogP contribution in [0.2, 0.25) is 0 Å². The molecule has 4 aromatic carbocycles. The fourth-order valence-corrected chi connectivity index (χ4v) is 8.37. The first-order valence-electron chi connectivity index (χ1n) is 15.4. The minimum atomic E-state index is -4.05. The fourth-order valence-electron chi connectivity index (χ4n) is 7.44. The van der Waals surface area contributed by atoms with Gasteiger partial charge in [-0.2, -0.15) is 8.42 Å². The van der Waals surface area contributed by atoms with Crippen LogP contribution in [0.4, 0.5) is 5.69 Å². The van der Waals surface area contributed by atoms with E-state index < -0.39 is 28.5 Å². The molecular formula is C37H31NO8S. The van der Waals surface area contributed by atoms with Crippen LogP contribution in [0.5, 0.6) is 5.75 Å². The first kappa shape index (κ1) is 30.6. The van der Waals surface area contributed by atoms with Crippen molar-refractivity contribution in [1.29, 1.82) is 0 Å². The molecule has 3 fully saturated rings. The van der Waals surface area contributed by atoms with E-state index in [0.29, 0.717) is 5.69 Å². The van der Waals surface area contributed by atoms with E-state index >= 15 is 0 Å². The van der Waals surface area contributed by atoms with E-state index in [2.05, 4.69) is 12.1 Å². The van der Waals surface area contributed by atoms with Crippen LogP contribution in [0.25, 0.3) is 0 Å². The highest BCUT2D eigenvalue weighted by Crippen LogP contribution is 2.61. The normalized spacial score (nSPS) is 23.1. The molecule has 1 saturated heterocycles. The van der Waals surface area contributed by atoms with E-state index in [0.717, 1.165) is 18.4 Å². The largest absolute Gasteiger partial charge is 0.454 e. The number of hydrogen-bond donors (Lipinski definition) is 0. The summed E-state index contributed by atoms with van der Waals surface area (Å²) < 4.78 is 35.5. The van der Waals surface area contributed by atoms with Gasteiger partial charge in [0, 0.05) is 5.56 Å². The predicted molar refractivity (Wildman–Crippen MR) is 171 cm³/mol. The highest BCUT2D eigenvalue weighted by atomic mass is 32.2. The molecule has 0 unspecified atom stereocenters. The number of benzene rings is 4. The van der Waals surface area contributed by atoms with Gasteiger partial charge < -0.3 is 8.92 Å². The van der Waals surface area contributed by atoms with E-state index in [1.54, 1.807) is 24.3 Å². The second-order valence-electron chi connectivity index (χ2n) is 12.4. The van der Waals surface area contributed by atoms with Gasteiger partial charge in [0.05, 0.1) is 23.1 Å². The number of carbonyl (C=O) groups is 4. The third-order valence-corrected chi connectivity index (χ3v) is 10.9. The van der Waals surface area contributed by atoms with Gasteiger partial charge in [-0.3, -0.25) is 19.3 Å². The smallest absolute Gasteiger partial charge is 0.339 e. The summed E-state index contributed by atoms with van der Waals surface area (Å²) >= 11 is 0. The molecule has 10 heteroatoms. The summed E-state index contributed by atoms with van der Waals surface area (Å²) in [4.78, 5) is 54.2. The zero-order chi connectivity index (χ0) is 32.9. The van der Waals surface area contributed by atoms with Gasteiger partial charge in [-0.05, 0) is 97.7 Å². The second-order valence-corrected chi connectivity index (χ2v) is 13.9. The Kier molecular flexibility index (Phi) is 7.76. The zero-order valence-corrected chi connectivity index (χ0v) is 26.3. The van der Waals surface area contributed by atoms with Gasteiger partial charge in [-0.15, -0.1) is 0 Å². The quantitative estimate of drug-likeness (QED) is 0.0975. The standard InChI is InChI=1S/C37H31NO8S/c1-22-10-16-29(17-11-22)47(43,44)46-28-14-12-24(13-15-28)32(39)21-45-37(42)25-8-5-9-27(18-25)38-35(40)33-26-19-30(23-6-3-2-4-7-23)31(20-26)34(33)36(38)41/h2-18,26,30-31,33-34H,19-21H2,1H3/t26-,30-,31+,33+,34-/m0/s1. The van der Waals surface area contributed by atoms with Crippen LogP contribution in [-0.2, 0) is 24.4 Å². The van der Waals surface area contributed by atoms with E-state index in [1.807, 2.05) is 25.1 Å². The molecule has 0 aromatic heterocycles. The number of ketones is 1. The average Bonchev–Trinajstić information content (AvgIpc) is 3.75. The predicted octanol–water partition coefficient (Wildman–Crippen LogP) is 5.73. The lowest BCUT2D eigenvalue weighted by atomic mass is 9.73. The van der Waals surface area contributed by atoms with Crippen molar-refractivity contribution < 1.29 is 36.5 Å². The highest BCUT2D eigenvalue weighted by molar-refractivity contribution is 7.87. The van der Waals surface area contributed by atoms with E-state index in [-0.39, 0.29) is 63.2 Å². The first-order chi connectivity index (χ1) is 22.6. The monoisotopic (exact) mass is 649 g/mol. The summed E-state index contributed by atoms with van der Waals surface area (Å²) in [5.41, 5.74) is 2.70. The van der Waals surface area contributed by atoms with Crippen molar-refractivity contribution in [3.63, 3.8) is 0 Å². The molecule has 2 bridgehead atoms. The molecule has 1 heterocycles. The first-order valence-corrected chi connectivity index (χ1v) is 16.9. The minimum absolute atomic E-state index is 0.00404.